The molecule has 3 heterocycles. The Morgan fingerprint density at radius 3 is 2.74 bits per heavy atom. The molecule has 0 spiro atoms. The zero-order chi connectivity index (χ0) is 19.4. The number of aromatic hydroxyl groups is 1. The van der Waals surface area contributed by atoms with Gasteiger partial charge in [0.15, 0.2) is 0 Å². The van der Waals surface area contributed by atoms with Gasteiger partial charge >= 0.3 is 0 Å². The molecule has 0 radical (unpaired) electrons. The van der Waals surface area contributed by atoms with Crippen LogP contribution in [0.2, 0.25) is 0 Å². The van der Waals surface area contributed by atoms with Gasteiger partial charge in [0.1, 0.15) is 10.4 Å². The molecule has 4 rings (SSSR count). The summed E-state index contributed by atoms with van der Waals surface area (Å²) >= 11 is 1.40. The summed E-state index contributed by atoms with van der Waals surface area (Å²) in [5, 5.41) is 17.7. The molecule has 5 N–H and O–H groups in total. The summed E-state index contributed by atoms with van der Waals surface area (Å²) in [6.45, 7) is 6.90. The minimum Gasteiger partial charge on any atom is -0.507 e. The van der Waals surface area contributed by atoms with Crippen LogP contribution in [0.1, 0.15) is 26.3 Å². The number of nitrogens with one attached hydrogen (secondary N) is 2. The van der Waals surface area contributed by atoms with Crippen molar-refractivity contribution in [1.29, 1.82) is 0 Å². The molecule has 3 aromatic rings. The minimum atomic E-state index is -0.294. The van der Waals surface area contributed by atoms with Crippen LogP contribution in [0.3, 0.4) is 0 Å². The van der Waals surface area contributed by atoms with Gasteiger partial charge in [-0.25, -0.2) is 0 Å². The summed E-state index contributed by atoms with van der Waals surface area (Å²) in [5.41, 5.74) is 7.71. The Hall–Kier alpha value is -2.57. The molecule has 140 valence electrons. The lowest BCUT2D eigenvalue weighted by atomic mass is 9.72. The van der Waals surface area contributed by atoms with E-state index in [2.05, 4.69) is 37.1 Å². The maximum Gasteiger partial charge on any atom is 0.266 e. The summed E-state index contributed by atoms with van der Waals surface area (Å²) < 4.78 is 0.664. The summed E-state index contributed by atoms with van der Waals surface area (Å²) in [6, 6.07) is 5.30. The Balaban J connectivity index is 1.92. The zero-order valence-electron chi connectivity index (χ0n) is 15.6. The molecular formula is C21H23N3O2S. The highest BCUT2D eigenvalue weighted by atomic mass is 32.1. The highest BCUT2D eigenvalue weighted by molar-refractivity contribution is 7.17. The highest BCUT2D eigenvalue weighted by Crippen LogP contribution is 2.40. The van der Waals surface area contributed by atoms with Crippen molar-refractivity contribution in [3.05, 3.63) is 57.8 Å². The number of dihydropyridines is 1. The van der Waals surface area contributed by atoms with E-state index < -0.39 is 0 Å². The van der Waals surface area contributed by atoms with Crippen molar-refractivity contribution in [3.63, 3.8) is 0 Å². The third-order valence-corrected chi connectivity index (χ3v) is 6.81. The maximum absolute atomic E-state index is 12.3. The molecule has 5 nitrogen and oxygen atoms in total. The van der Waals surface area contributed by atoms with Crippen molar-refractivity contribution in [1.82, 2.24) is 10.3 Å². The normalized spacial score (nSPS) is 20.1. The summed E-state index contributed by atoms with van der Waals surface area (Å²) in [6.07, 6.45) is 6.05. The molecule has 1 aromatic carbocycles. The van der Waals surface area contributed by atoms with E-state index in [4.69, 9.17) is 5.73 Å². The molecule has 0 fully saturated rings. The van der Waals surface area contributed by atoms with E-state index >= 15 is 0 Å². The number of hydrogen-bond acceptors (Lipinski definition) is 5. The zero-order valence-corrected chi connectivity index (χ0v) is 16.4. The van der Waals surface area contributed by atoms with Crippen molar-refractivity contribution in [2.24, 2.45) is 11.1 Å². The van der Waals surface area contributed by atoms with Gasteiger partial charge in [0.25, 0.3) is 5.56 Å². The number of aromatic nitrogens is 1. The number of nitrogens with two attached hydrogens (primary N) is 1. The number of thiophene rings is 1. The standard InChI is InChI=1S/C21H23N3O2S/c1-20(2,11-22)21(3)8-6-12(10-23-21)16-15(25)5-4-14-17(16)13-7-9-27-18(13)19(26)24-14/h4-10,23,25H,11,22H2,1-3H3,(H,24,26). The SMILES string of the molecule is CC(C)(CN)C1(C)C=CC(c2c(O)ccc3[nH]c(=O)c4sccc4c23)=CN1. The lowest BCUT2D eigenvalue weighted by Crippen LogP contribution is -2.54. The van der Waals surface area contributed by atoms with Crippen LogP contribution in [0.25, 0.3) is 26.6 Å². The average Bonchev–Trinajstić information content (AvgIpc) is 3.14. The van der Waals surface area contributed by atoms with E-state index in [1.54, 1.807) is 12.1 Å². The second-order valence-corrected chi connectivity index (χ2v) is 8.78. The molecule has 0 saturated heterocycles. The molecule has 1 unspecified atom stereocenters. The first kappa shape index (κ1) is 17.8. The predicted octanol–water partition coefficient (Wildman–Crippen LogP) is 3.69. The molecule has 1 atom stereocenters. The third-order valence-electron chi connectivity index (χ3n) is 5.90. The van der Waals surface area contributed by atoms with Crippen molar-refractivity contribution in [3.8, 4) is 5.75 Å². The second-order valence-electron chi connectivity index (χ2n) is 7.87. The lowest BCUT2D eigenvalue weighted by molar-refractivity contribution is 0.210. The van der Waals surface area contributed by atoms with Gasteiger partial charge in [-0.15, -0.1) is 11.3 Å². The number of hydrogen-bond donors (Lipinski definition) is 4. The molecule has 0 bridgehead atoms. The Kier molecular flexibility index (Phi) is 3.94. The molecule has 2 aromatic heterocycles. The average molecular weight is 382 g/mol. The molecular weight excluding hydrogens is 358 g/mol. The number of allylic oxidation sites excluding steroid dienone is 2. The van der Waals surface area contributed by atoms with E-state index in [0.29, 0.717) is 22.3 Å². The van der Waals surface area contributed by atoms with E-state index in [9.17, 15) is 9.90 Å². The van der Waals surface area contributed by atoms with Gasteiger partial charge in [0, 0.05) is 39.0 Å². The summed E-state index contributed by atoms with van der Waals surface area (Å²) in [4.78, 5) is 15.2. The quantitative estimate of drug-likeness (QED) is 0.557. The smallest absolute Gasteiger partial charge is 0.266 e. The molecule has 27 heavy (non-hydrogen) atoms. The number of fused-ring (bicyclic) bond motifs is 3. The van der Waals surface area contributed by atoms with E-state index in [0.717, 1.165) is 16.3 Å². The monoisotopic (exact) mass is 381 g/mol. The Morgan fingerprint density at radius 1 is 1.30 bits per heavy atom. The third kappa shape index (κ3) is 2.59. The van der Waals surface area contributed by atoms with Crippen LogP contribution in [0, 0.1) is 5.41 Å². The molecule has 1 aliphatic heterocycles. The van der Waals surface area contributed by atoms with E-state index in [1.807, 2.05) is 23.7 Å². The maximum atomic E-state index is 12.3. The Bertz CT molecular complexity index is 1170. The molecule has 0 saturated carbocycles. The van der Waals surface area contributed by atoms with Gasteiger partial charge < -0.3 is 21.1 Å². The Morgan fingerprint density at radius 2 is 2.07 bits per heavy atom. The molecule has 1 aliphatic rings. The number of pyridine rings is 1. The van der Waals surface area contributed by atoms with E-state index in [1.165, 1.54) is 11.3 Å². The highest BCUT2D eigenvalue weighted by Gasteiger charge is 2.38. The topological polar surface area (TPSA) is 91.1 Å². The van der Waals surface area contributed by atoms with Crippen LogP contribution in [0.5, 0.6) is 5.75 Å². The number of aromatic amines is 1. The van der Waals surface area contributed by atoms with Crippen LogP contribution in [0.15, 0.2) is 46.7 Å². The molecule has 6 heteroatoms. The number of phenolic OH excluding ortho intramolecular Hbond substituents is 1. The van der Waals surface area contributed by atoms with Gasteiger partial charge in [-0.05, 0) is 37.0 Å². The second kappa shape index (κ2) is 5.97. The fraction of sp³-hybridized carbons (Fsp3) is 0.286. The number of H-pyrrole nitrogens is 1. The minimum absolute atomic E-state index is 0.104. The van der Waals surface area contributed by atoms with Crippen molar-refractivity contribution in [2.75, 3.05) is 6.54 Å². The van der Waals surface area contributed by atoms with Crippen LogP contribution in [0.4, 0.5) is 0 Å². The van der Waals surface area contributed by atoms with Gasteiger partial charge in [-0.1, -0.05) is 26.0 Å². The fourth-order valence-electron chi connectivity index (χ4n) is 3.50. The van der Waals surface area contributed by atoms with Crippen molar-refractivity contribution < 1.29 is 5.11 Å². The number of phenols is 1. The van der Waals surface area contributed by atoms with Crippen LogP contribution >= 0.6 is 11.3 Å². The van der Waals surface area contributed by atoms with Gasteiger partial charge in [-0.3, -0.25) is 4.79 Å². The fourth-order valence-corrected chi connectivity index (χ4v) is 4.29. The lowest BCUT2D eigenvalue weighted by Gasteiger charge is -2.43. The van der Waals surface area contributed by atoms with Gasteiger partial charge in [0.2, 0.25) is 0 Å². The largest absolute Gasteiger partial charge is 0.507 e. The van der Waals surface area contributed by atoms with Crippen molar-refractivity contribution in [2.45, 2.75) is 26.3 Å². The predicted molar refractivity (Wildman–Crippen MR) is 113 cm³/mol. The van der Waals surface area contributed by atoms with Crippen LogP contribution in [-0.2, 0) is 0 Å². The van der Waals surface area contributed by atoms with E-state index in [-0.39, 0.29) is 22.3 Å². The first-order chi connectivity index (χ1) is 12.8. The first-order valence-corrected chi connectivity index (χ1v) is 9.78. The summed E-state index contributed by atoms with van der Waals surface area (Å²) in [7, 11) is 0. The van der Waals surface area contributed by atoms with Crippen LogP contribution < -0.4 is 16.6 Å². The first-order valence-electron chi connectivity index (χ1n) is 8.90. The Labute approximate surface area is 161 Å². The molecule has 0 amide bonds. The van der Waals surface area contributed by atoms with Crippen LogP contribution in [-0.4, -0.2) is 22.2 Å². The summed E-state index contributed by atoms with van der Waals surface area (Å²) in [5.74, 6) is 0.182. The van der Waals surface area contributed by atoms with Crippen molar-refractivity contribution >= 4 is 37.9 Å². The van der Waals surface area contributed by atoms with Gasteiger partial charge in [0.05, 0.1) is 5.54 Å². The van der Waals surface area contributed by atoms with Gasteiger partial charge in [-0.2, -0.15) is 0 Å². The molecule has 0 aliphatic carbocycles. The number of benzene rings is 1. The number of rotatable bonds is 3.